The van der Waals surface area contributed by atoms with Crippen molar-refractivity contribution in [1.82, 2.24) is 10.2 Å². The molecule has 0 saturated heterocycles. The minimum atomic E-state index is 0.585. The molecule has 2 rings (SSSR count). The Labute approximate surface area is 83.7 Å². The van der Waals surface area contributed by atoms with Gasteiger partial charge in [-0.25, -0.2) is 0 Å². The summed E-state index contributed by atoms with van der Waals surface area (Å²) in [7, 11) is 0. The maximum Gasteiger partial charge on any atom is 0.233 e. The maximum absolute atomic E-state index is 5.20. The topological polar surface area (TPSA) is 47.0 Å². The summed E-state index contributed by atoms with van der Waals surface area (Å²) in [5.74, 6) is 2.19. The third kappa shape index (κ3) is 2.13. The van der Waals surface area contributed by atoms with E-state index in [2.05, 4.69) is 22.4 Å². The second kappa shape index (κ2) is 3.82. The van der Waals surface area contributed by atoms with E-state index >= 15 is 0 Å². The van der Waals surface area contributed by atoms with Crippen LogP contribution in [0.3, 0.4) is 0 Å². The molecule has 2 unspecified atom stereocenters. The highest BCUT2D eigenvalue weighted by atomic mass is 16.5. The van der Waals surface area contributed by atoms with Crippen LogP contribution in [0, 0.1) is 5.92 Å². The molecule has 14 heavy (non-hydrogen) atoms. The van der Waals surface area contributed by atoms with Crippen molar-refractivity contribution in [3.05, 3.63) is 12.1 Å². The summed E-state index contributed by atoms with van der Waals surface area (Å²) in [5.41, 5.74) is 0. The fraction of sp³-hybridized carbons (Fsp3) is 0.600. The fourth-order valence-corrected chi connectivity index (χ4v) is 1.33. The molecule has 0 spiro atoms. The Hall–Kier alpha value is -1.32. The van der Waals surface area contributed by atoms with Gasteiger partial charge in [-0.15, -0.1) is 10.2 Å². The first-order valence-electron chi connectivity index (χ1n) is 5.02. The highest BCUT2D eigenvalue weighted by molar-refractivity contribution is 5.37. The van der Waals surface area contributed by atoms with Crippen molar-refractivity contribution in [3.63, 3.8) is 0 Å². The molecule has 1 aliphatic rings. The number of hydrogen-bond acceptors (Lipinski definition) is 4. The molecular weight excluding hydrogens is 178 g/mol. The Kier molecular flexibility index (Phi) is 2.52. The Morgan fingerprint density at radius 2 is 2.29 bits per heavy atom. The summed E-state index contributed by atoms with van der Waals surface area (Å²) in [4.78, 5) is 0. The summed E-state index contributed by atoms with van der Waals surface area (Å²) in [6.45, 7) is 4.78. The average Bonchev–Trinajstić information content (AvgIpc) is 2.86. The van der Waals surface area contributed by atoms with E-state index in [0.717, 1.165) is 11.7 Å². The lowest BCUT2D eigenvalue weighted by Crippen LogP contribution is -2.06. The van der Waals surface area contributed by atoms with Gasteiger partial charge in [0.25, 0.3) is 0 Å². The number of anilines is 1. The van der Waals surface area contributed by atoms with Gasteiger partial charge in [0.15, 0.2) is 0 Å². The summed E-state index contributed by atoms with van der Waals surface area (Å²) < 4.78 is 5.20. The van der Waals surface area contributed by atoms with E-state index in [-0.39, 0.29) is 0 Å². The number of nitrogens with one attached hydrogen (secondary N) is 1. The van der Waals surface area contributed by atoms with E-state index in [1.54, 1.807) is 0 Å². The van der Waals surface area contributed by atoms with E-state index in [4.69, 9.17) is 4.74 Å². The third-order valence-corrected chi connectivity index (χ3v) is 2.38. The van der Waals surface area contributed by atoms with Crippen molar-refractivity contribution >= 4 is 5.82 Å². The third-order valence-electron chi connectivity index (χ3n) is 2.38. The standard InChI is InChI=1S/C10H15N3O/c1-3-14-10-5-4-9(12-13-10)11-8-6-7(8)2/h4-5,7-8H,3,6H2,1-2H3,(H,11,12). The van der Waals surface area contributed by atoms with Crippen molar-refractivity contribution < 1.29 is 4.74 Å². The SMILES string of the molecule is CCOc1ccc(NC2CC2C)nn1. The zero-order chi connectivity index (χ0) is 9.97. The van der Waals surface area contributed by atoms with E-state index in [9.17, 15) is 0 Å². The van der Waals surface area contributed by atoms with Crippen LogP contribution >= 0.6 is 0 Å². The monoisotopic (exact) mass is 193 g/mol. The van der Waals surface area contributed by atoms with Crippen molar-refractivity contribution in [3.8, 4) is 5.88 Å². The van der Waals surface area contributed by atoms with Gasteiger partial charge in [0.05, 0.1) is 6.61 Å². The number of rotatable bonds is 4. The van der Waals surface area contributed by atoms with Crippen LogP contribution in [0.25, 0.3) is 0 Å². The smallest absolute Gasteiger partial charge is 0.233 e. The first kappa shape index (κ1) is 9.24. The predicted octanol–water partition coefficient (Wildman–Crippen LogP) is 1.70. The summed E-state index contributed by atoms with van der Waals surface area (Å²) in [6.07, 6.45) is 1.23. The molecule has 0 bridgehead atoms. The molecule has 4 heteroatoms. The minimum absolute atomic E-state index is 0.585. The zero-order valence-electron chi connectivity index (χ0n) is 8.53. The first-order chi connectivity index (χ1) is 6.79. The molecule has 1 aromatic heterocycles. The van der Waals surface area contributed by atoms with Gasteiger partial charge in [-0.05, 0) is 25.3 Å². The summed E-state index contributed by atoms with van der Waals surface area (Å²) >= 11 is 0. The van der Waals surface area contributed by atoms with E-state index in [1.165, 1.54) is 6.42 Å². The second-order valence-corrected chi connectivity index (χ2v) is 3.65. The van der Waals surface area contributed by atoms with Crippen molar-refractivity contribution in [1.29, 1.82) is 0 Å². The fourth-order valence-electron chi connectivity index (χ4n) is 1.33. The van der Waals surface area contributed by atoms with Gasteiger partial charge < -0.3 is 10.1 Å². The van der Waals surface area contributed by atoms with Gasteiger partial charge in [0.1, 0.15) is 5.82 Å². The van der Waals surface area contributed by atoms with Crippen LogP contribution in [-0.2, 0) is 0 Å². The first-order valence-corrected chi connectivity index (χ1v) is 5.02. The molecule has 0 aliphatic heterocycles. The van der Waals surface area contributed by atoms with Gasteiger partial charge in [0, 0.05) is 12.1 Å². The molecule has 1 saturated carbocycles. The van der Waals surface area contributed by atoms with Crippen molar-refractivity contribution in [2.24, 2.45) is 5.92 Å². The molecule has 0 amide bonds. The van der Waals surface area contributed by atoms with E-state index in [0.29, 0.717) is 18.5 Å². The van der Waals surface area contributed by atoms with Crippen LogP contribution in [-0.4, -0.2) is 22.8 Å². The average molecular weight is 193 g/mol. The normalized spacial score (nSPS) is 24.4. The molecule has 1 aliphatic carbocycles. The molecular formula is C10H15N3O. The number of hydrogen-bond donors (Lipinski definition) is 1. The molecule has 0 radical (unpaired) electrons. The zero-order valence-corrected chi connectivity index (χ0v) is 8.53. The molecule has 1 fully saturated rings. The van der Waals surface area contributed by atoms with Crippen LogP contribution < -0.4 is 10.1 Å². The molecule has 0 aromatic carbocycles. The number of ether oxygens (including phenoxy) is 1. The van der Waals surface area contributed by atoms with Gasteiger partial charge in [-0.3, -0.25) is 0 Å². The predicted molar refractivity (Wildman–Crippen MR) is 54.4 cm³/mol. The Morgan fingerprint density at radius 3 is 2.79 bits per heavy atom. The van der Waals surface area contributed by atoms with Crippen molar-refractivity contribution in [2.75, 3.05) is 11.9 Å². The van der Waals surface area contributed by atoms with Gasteiger partial charge in [-0.2, -0.15) is 0 Å². The van der Waals surface area contributed by atoms with E-state index < -0.39 is 0 Å². The Bertz CT molecular complexity index is 299. The summed E-state index contributed by atoms with van der Waals surface area (Å²) in [5, 5.41) is 11.3. The Morgan fingerprint density at radius 1 is 1.50 bits per heavy atom. The highest BCUT2D eigenvalue weighted by Gasteiger charge is 2.32. The van der Waals surface area contributed by atoms with Crippen LogP contribution in [0.15, 0.2) is 12.1 Å². The number of aromatic nitrogens is 2. The largest absolute Gasteiger partial charge is 0.477 e. The van der Waals surface area contributed by atoms with Crippen molar-refractivity contribution in [2.45, 2.75) is 26.3 Å². The van der Waals surface area contributed by atoms with Crippen LogP contribution in [0.2, 0.25) is 0 Å². The number of nitrogens with zero attached hydrogens (tertiary/aromatic N) is 2. The molecule has 1 N–H and O–H groups in total. The lowest BCUT2D eigenvalue weighted by atomic mass is 10.4. The van der Waals surface area contributed by atoms with Gasteiger partial charge in [-0.1, -0.05) is 6.92 Å². The summed E-state index contributed by atoms with van der Waals surface area (Å²) in [6, 6.07) is 4.33. The highest BCUT2D eigenvalue weighted by Crippen LogP contribution is 2.31. The van der Waals surface area contributed by atoms with Gasteiger partial charge in [0.2, 0.25) is 5.88 Å². The van der Waals surface area contributed by atoms with Crippen LogP contribution in [0.4, 0.5) is 5.82 Å². The molecule has 76 valence electrons. The molecule has 2 atom stereocenters. The minimum Gasteiger partial charge on any atom is -0.477 e. The maximum atomic E-state index is 5.20. The van der Waals surface area contributed by atoms with Gasteiger partial charge >= 0.3 is 0 Å². The molecule has 4 nitrogen and oxygen atoms in total. The lowest BCUT2D eigenvalue weighted by Gasteiger charge is -2.04. The molecule has 1 aromatic rings. The Balaban J connectivity index is 1.92. The lowest BCUT2D eigenvalue weighted by molar-refractivity contribution is 0.323. The van der Waals surface area contributed by atoms with Crippen LogP contribution in [0.1, 0.15) is 20.3 Å². The quantitative estimate of drug-likeness (QED) is 0.790. The van der Waals surface area contributed by atoms with E-state index in [1.807, 2.05) is 19.1 Å². The molecule has 1 heterocycles. The second-order valence-electron chi connectivity index (χ2n) is 3.65. The van der Waals surface area contributed by atoms with Crippen LogP contribution in [0.5, 0.6) is 5.88 Å².